The molecule has 52 heavy (non-hydrogen) atoms. The van der Waals surface area contributed by atoms with E-state index in [0.29, 0.717) is 5.82 Å². The molecule has 10 rings (SSSR count). The normalized spacial score (nSPS) is 11.3. The van der Waals surface area contributed by atoms with Crippen LogP contribution < -0.4 is 0 Å². The Balaban J connectivity index is 1.16. The first-order valence-corrected chi connectivity index (χ1v) is 17.4. The van der Waals surface area contributed by atoms with Gasteiger partial charge in [-0.05, 0) is 96.9 Å². The first-order valence-electron chi connectivity index (χ1n) is 17.4. The van der Waals surface area contributed by atoms with Gasteiger partial charge in [-0.1, -0.05) is 133 Å². The van der Waals surface area contributed by atoms with Crippen LogP contribution in [-0.2, 0) is 0 Å². The molecule has 3 heteroatoms. The van der Waals surface area contributed by atoms with Gasteiger partial charge in [0.15, 0.2) is 5.82 Å². The van der Waals surface area contributed by atoms with Gasteiger partial charge < -0.3 is 0 Å². The number of benzene rings is 7. The van der Waals surface area contributed by atoms with E-state index in [0.717, 1.165) is 66.3 Å². The van der Waals surface area contributed by atoms with E-state index in [1.807, 2.05) is 18.3 Å². The zero-order valence-corrected chi connectivity index (χ0v) is 28.1. The number of rotatable bonds is 5. The highest BCUT2D eigenvalue weighted by Crippen LogP contribution is 2.38. The maximum Gasteiger partial charge on any atom is 0.161 e. The minimum absolute atomic E-state index is 0.666. The third kappa shape index (κ3) is 5.14. The molecule has 10 aromatic rings. The van der Waals surface area contributed by atoms with E-state index in [4.69, 9.17) is 9.97 Å². The van der Waals surface area contributed by atoms with Crippen LogP contribution in [-0.4, -0.2) is 15.0 Å². The van der Waals surface area contributed by atoms with Gasteiger partial charge >= 0.3 is 0 Å². The number of fused-ring (bicyclic) bond motifs is 6. The van der Waals surface area contributed by atoms with Crippen LogP contribution in [0.3, 0.4) is 0 Å². The van der Waals surface area contributed by atoms with Gasteiger partial charge in [0.25, 0.3) is 0 Å². The molecular weight excluding hydrogens is 631 g/mol. The Labute approximate surface area is 301 Å². The molecule has 0 saturated heterocycles. The van der Waals surface area contributed by atoms with Crippen molar-refractivity contribution in [3.63, 3.8) is 0 Å². The maximum atomic E-state index is 5.29. The van der Waals surface area contributed by atoms with Gasteiger partial charge in [-0.15, -0.1) is 0 Å². The van der Waals surface area contributed by atoms with Gasteiger partial charge in [0, 0.05) is 40.0 Å². The lowest BCUT2D eigenvalue weighted by Gasteiger charge is -2.14. The smallest absolute Gasteiger partial charge is 0.161 e. The molecule has 240 valence electrons. The van der Waals surface area contributed by atoms with Gasteiger partial charge in [-0.2, -0.15) is 0 Å². The second kappa shape index (κ2) is 12.3. The van der Waals surface area contributed by atoms with Crippen LogP contribution in [0.15, 0.2) is 176 Å². The number of aromatic nitrogens is 3. The summed E-state index contributed by atoms with van der Waals surface area (Å²) in [4.78, 5) is 14.9. The quantitative estimate of drug-likeness (QED) is 0.173. The first-order chi connectivity index (χ1) is 25.8. The third-order valence-electron chi connectivity index (χ3n) is 10.0. The van der Waals surface area contributed by atoms with Crippen molar-refractivity contribution in [1.29, 1.82) is 0 Å². The Morgan fingerprint density at radius 3 is 1.85 bits per heavy atom. The average Bonchev–Trinajstić information content (AvgIpc) is 3.23. The summed E-state index contributed by atoms with van der Waals surface area (Å²) >= 11 is 0. The van der Waals surface area contributed by atoms with E-state index in [1.54, 1.807) is 6.20 Å². The average molecular weight is 660 g/mol. The Hall–Kier alpha value is -7.15. The van der Waals surface area contributed by atoms with Crippen LogP contribution in [0.4, 0.5) is 0 Å². The molecular formula is C49H29N3. The predicted octanol–water partition coefficient (Wildman–Crippen LogP) is 12.4. The summed E-state index contributed by atoms with van der Waals surface area (Å²) in [6.45, 7) is 0. The fourth-order valence-corrected chi connectivity index (χ4v) is 7.48. The van der Waals surface area contributed by atoms with Gasteiger partial charge in [-0.25, -0.2) is 9.97 Å². The molecule has 0 amide bonds. The SMILES string of the molecule is c1ccc2c(c#1)cc(-c1nc(-c3ccc(-c4cc5ccccc5c5ccccc45)cc3)cc(-c3cccc(-c4cccnc4)c3)n1)c1ccccc12. The third-order valence-corrected chi connectivity index (χ3v) is 10.0. The van der Waals surface area contributed by atoms with E-state index in [9.17, 15) is 0 Å². The summed E-state index contributed by atoms with van der Waals surface area (Å²) in [6, 6.07) is 64.2. The van der Waals surface area contributed by atoms with Crippen molar-refractivity contribution in [1.82, 2.24) is 15.0 Å². The number of nitrogens with zero attached hydrogens (tertiary/aromatic N) is 3. The maximum absolute atomic E-state index is 5.29. The molecule has 0 aliphatic carbocycles. The van der Waals surface area contributed by atoms with Crippen molar-refractivity contribution in [3.05, 3.63) is 188 Å². The minimum Gasteiger partial charge on any atom is -0.264 e. The van der Waals surface area contributed by atoms with Gasteiger partial charge in [0.2, 0.25) is 0 Å². The molecule has 0 radical (unpaired) electrons. The van der Waals surface area contributed by atoms with E-state index in [2.05, 4.69) is 169 Å². The molecule has 0 aliphatic rings. The zero-order chi connectivity index (χ0) is 34.4. The van der Waals surface area contributed by atoms with Gasteiger partial charge in [0.05, 0.1) is 11.4 Å². The molecule has 8 aromatic carbocycles. The van der Waals surface area contributed by atoms with Crippen LogP contribution in [0.1, 0.15) is 0 Å². The molecule has 2 aromatic heterocycles. The van der Waals surface area contributed by atoms with E-state index in [1.165, 1.54) is 27.1 Å². The molecule has 0 spiro atoms. The monoisotopic (exact) mass is 659 g/mol. The topological polar surface area (TPSA) is 38.7 Å². The van der Waals surface area contributed by atoms with Gasteiger partial charge in [-0.3, -0.25) is 4.98 Å². The molecule has 2 heterocycles. The van der Waals surface area contributed by atoms with Crippen LogP contribution in [0, 0.1) is 12.1 Å². The van der Waals surface area contributed by atoms with E-state index < -0.39 is 0 Å². The first kappa shape index (κ1) is 29.7. The fraction of sp³-hybridized carbons (Fsp3) is 0. The summed E-state index contributed by atoms with van der Waals surface area (Å²) in [5.74, 6) is 0.666. The number of hydrogen-bond acceptors (Lipinski definition) is 3. The minimum atomic E-state index is 0.666. The molecule has 0 saturated carbocycles. The highest BCUT2D eigenvalue weighted by Gasteiger charge is 2.16. The molecule has 0 unspecified atom stereocenters. The van der Waals surface area contributed by atoms with Crippen molar-refractivity contribution in [2.75, 3.05) is 0 Å². The summed E-state index contributed by atoms with van der Waals surface area (Å²) in [7, 11) is 0. The summed E-state index contributed by atoms with van der Waals surface area (Å²) in [5, 5.41) is 9.36. The molecule has 0 atom stereocenters. The van der Waals surface area contributed by atoms with Crippen molar-refractivity contribution < 1.29 is 0 Å². The van der Waals surface area contributed by atoms with Crippen LogP contribution in [0.5, 0.6) is 0 Å². The van der Waals surface area contributed by atoms with Crippen LogP contribution in [0.25, 0.3) is 99.2 Å². The molecule has 0 fully saturated rings. The standard InChI is InChI=1S/C49H29N3/c1-3-16-39-35(11-1)28-45(43-20-7-5-18-41(39)43)32-22-24-33(25-23-32)47-30-48(37-14-9-13-34(27-37)38-15-10-26-50-31-38)52-49(51-47)46-29-36-12-2-4-17-40(36)42-19-6-8-21-44(42)46/h1,3-11,13-31H. The number of hydrogen-bond donors (Lipinski definition) is 0. The Morgan fingerprint density at radius 2 is 1.06 bits per heavy atom. The molecule has 0 N–H and O–H groups in total. The fourth-order valence-electron chi connectivity index (χ4n) is 7.48. The van der Waals surface area contributed by atoms with Crippen molar-refractivity contribution in [3.8, 4) is 56.2 Å². The summed E-state index contributed by atoms with van der Waals surface area (Å²) in [6.07, 6.45) is 3.69. The van der Waals surface area contributed by atoms with Crippen molar-refractivity contribution in [2.45, 2.75) is 0 Å². The lowest BCUT2D eigenvalue weighted by Crippen LogP contribution is -1.97. The molecule has 3 nitrogen and oxygen atoms in total. The zero-order valence-electron chi connectivity index (χ0n) is 28.1. The second-order valence-electron chi connectivity index (χ2n) is 13.1. The van der Waals surface area contributed by atoms with Gasteiger partial charge in [0.1, 0.15) is 0 Å². The largest absolute Gasteiger partial charge is 0.264 e. The van der Waals surface area contributed by atoms with E-state index in [-0.39, 0.29) is 0 Å². The Morgan fingerprint density at radius 1 is 0.404 bits per heavy atom. The predicted molar refractivity (Wildman–Crippen MR) is 215 cm³/mol. The lowest BCUT2D eigenvalue weighted by molar-refractivity contribution is 1.19. The second-order valence-corrected chi connectivity index (χ2v) is 13.1. The van der Waals surface area contributed by atoms with Crippen LogP contribution in [0.2, 0.25) is 0 Å². The number of pyridine rings is 1. The van der Waals surface area contributed by atoms with Crippen molar-refractivity contribution in [2.24, 2.45) is 0 Å². The highest BCUT2D eigenvalue weighted by molar-refractivity contribution is 6.14. The van der Waals surface area contributed by atoms with Crippen molar-refractivity contribution >= 4 is 43.1 Å². The van der Waals surface area contributed by atoms with E-state index >= 15 is 0 Å². The molecule has 0 aliphatic heterocycles. The lowest BCUT2D eigenvalue weighted by atomic mass is 9.92. The Bertz CT molecular complexity index is 2950. The summed E-state index contributed by atoms with van der Waals surface area (Å²) in [5.41, 5.74) is 9.22. The van der Waals surface area contributed by atoms with Crippen LogP contribution >= 0.6 is 0 Å². The summed E-state index contributed by atoms with van der Waals surface area (Å²) < 4.78 is 0. The Kier molecular flexibility index (Phi) is 7.04. The highest BCUT2D eigenvalue weighted by atomic mass is 14.9. The molecule has 0 bridgehead atoms.